The van der Waals surface area contributed by atoms with E-state index in [4.69, 9.17) is 0 Å². The normalized spacial score (nSPS) is 14.9. The zero-order valence-electron chi connectivity index (χ0n) is 15.8. The van der Waals surface area contributed by atoms with Gasteiger partial charge in [0.2, 0.25) is 5.91 Å². The Kier molecular flexibility index (Phi) is 4.30. The molecule has 5 heteroatoms. The molecule has 0 radical (unpaired) electrons. The van der Waals surface area contributed by atoms with Crippen molar-refractivity contribution in [2.24, 2.45) is 0 Å². The van der Waals surface area contributed by atoms with E-state index < -0.39 is 6.04 Å². The average Bonchev–Trinajstić information content (AvgIpc) is 3.48. The van der Waals surface area contributed by atoms with Gasteiger partial charge in [0.05, 0.1) is 11.1 Å². The summed E-state index contributed by atoms with van der Waals surface area (Å²) in [5.41, 5.74) is 3.68. The number of hydrogen-bond donors (Lipinski definition) is 1. The highest BCUT2D eigenvalue weighted by Gasteiger charge is 2.28. The van der Waals surface area contributed by atoms with E-state index >= 15 is 0 Å². The molecule has 1 aliphatic carbocycles. The number of nitrogens with zero attached hydrogens (tertiary/aromatic N) is 2. The van der Waals surface area contributed by atoms with E-state index in [-0.39, 0.29) is 17.5 Å². The highest BCUT2D eigenvalue weighted by molar-refractivity contribution is 5.94. The van der Waals surface area contributed by atoms with Gasteiger partial charge in [-0.2, -0.15) is 5.10 Å². The summed E-state index contributed by atoms with van der Waals surface area (Å²) < 4.78 is 1.33. The summed E-state index contributed by atoms with van der Waals surface area (Å²) in [5, 5.41) is 9.02. The maximum atomic E-state index is 13.0. The van der Waals surface area contributed by atoms with Crippen molar-refractivity contribution in [2.75, 3.05) is 0 Å². The Bertz CT molecular complexity index is 1100. The molecule has 0 unspecified atom stereocenters. The lowest BCUT2D eigenvalue weighted by Crippen LogP contribution is -2.38. The van der Waals surface area contributed by atoms with E-state index in [2.05, 4.69) is 28.6 Å². The Morgan fingerprint density at radius 3 is 2.56 bits per heavy atom. The SMILES string of the molecule is Cc1ccc(C)c(-c2nn([C@H](C)C(=O)NC3CC3)c(=O)c3ccccc23)c1. The molecule has 2 aromatic carbocycles. The van der Waals surface area contributed by atoms with Crippen LogP contribution in [0.15, 0.2) is 47.3 Å². The predicted molar refractivity (Wildman–Crippen MR) is 107 cm³/mol. The number of fused-ring (bicyclic) bond motifs is 1. The highest BCUT2D eigenvalue weighted by atomic mass is 16.2. The smallest absolute Gasteiger partial charge is 0.275 e. The molecule has 4 rings (SSSR count). The Morgan fingerprint density at radius 1 is 1.15 bits per heavy atom. The molecular weight excluding hydrogens is 338 g/mol. The number of nitrogens with one attached hydrogen (secondary N) is 1. The van der Waals surface area contributed by atoms with E-state index in [0.29, 0.717) is 5.39 Å². The summed E-state index contributed by atoms with van der Waals surface area (Å²) in [7, 11) is 0. The van der Waals surface area contributed by atoms with E-state index in [1.807, 2.05) is 32.0 Å². The van der Waals surface area contributed by atoms with Crippen molar-refractivity contribution >= 4 is 16.7 Å². The van der Waals surface area contributed by atoms with Gasteiger partial charge in [-0.25, -0.2) is 4.68 Å². The van der Waals surface area contributed by atoms with Gasteiger partial charge in [-0.1, -0.05) is 35.9 Å². The van der Waals surface area contributed by atoms with Crippen LogP contribution in [0.2, 0.25) is 0 Å². The van der Waals surface area contributed by atoms with E-state index in [0.717, 1.165) is 40.6 Å². The standard InChI is InChI=1S/C22H23N3O2/c1-13-8-9-14(2)19(12-13)20-17-6-4-5-7-18(17)22(27)25(24-20)15(3)21(26)23-16-10-11-16/h4-9,12,15-16H,10-11H2,1-3H3,(H,23,26)/t15-/m1/s1. The minimum Gasteiger partial charge on any atom is -0.352 e. The summed E-state index contributed by atoms with van der Waals surface area (Å²) in [5.74, 6) is -0.158. The number of rotatable bonds is 4. The number of aryl methyl sites for hydroxylation is 2. The molecule has 1 fully saturated rings. The number of benzene rings is 2. The summed E-state index contributed by atoms with van der Waals surface area (Å²) in [6.07, 6.45) is 2.01. The highest BCUT2D eigenvalue weighted by Crippen LogP contribution is 2.29. The minimum absolute atomic E-state index is 0.158. The van der Waals surface area contributed by atoms with E-state index in [9.17, 15) is 9.59 Å². The van der Waals surface area contributed by atoms with Gasteiger partial charge < -0.3 is 5.32 Å². The number of amides is 1. The first-order valence-corrected chi connectivity index (χ1v) is 9.35. The summed E-state index contributed by atoms with van der Waals surface area (Å²) >= 11 is 0. The van der Waals surface area contributed by atoms with Crippen molar-refractivity contribution in [3.05, 3.63) is 63.9 Å². The van der Waals surface area contributed by atoms with Gasteiger partial charge in [0.1, 0.15) is 6.04 Å². The fraction of sp³-hybridized carbons (Fsp3) is 0.318. The molecule has 0 spiro atoms. The molecule has 0 saturated heterocycles. The zero-order valence-corrected chi connectivity index (χ0v) is 15.8. The van der Waals surface area contributed by atoms with Crippen LogP contribution in [0.1, 0.15) is 36.9 Å². The average molecular weight is 361 g/mol. The molecule has 1 heterocycles. The number of hydrogen-bond acceptors (Lipinski definition) is 3. The van der Waals surface area contributed by atoms with Crippen LogP contribution >= 0.6 is 0 Å². The van der Waals surface area contributed by atoms with Crippen molar-refractivity contribution < 1.29 is 4.79 Å². The molecule has 1 N–H and O–H groups in total. The van der Waals surface area contributed by atoms with Gasteiger partial charge in [0.15, 0.2) is 0 Å². The fourth-order valence-corrected chi connectivity index (χ4v) is 3.32. The van der Waals surface area contributed by atoms with Gasteiger partial charge in [-0.05, 0) is 51.3 Å². The molecule has 1 amide bonds. The zero-order chi connectivity index (χ0) is 19.1. The van der Waals surface area contributed by atoms with Crippen LogP contribution in [0.4, 0.5) is 0 Å². The largest absolute Gasteiger partial charge is 0.352 e. The topological polar surface area (TPSA) is 64.0 Å². The molecule has 138 valence electrons. The molecule has 1 aromatic heterocycles. The Labute approximate surface area is 158 Å². The quantitative estimate of drug-likeness (QED) is 0.773. The number of carbonyl (C=O) groups excluding carboxylic acids is 1. The second-order valence-corrected chi connectivity index (χ2v) is 7.42. The van der Waals surface area contributed by atoms with Crippen LogP contribution in [0, 0.1) is 13.8 Å². The summed E-state index contributed by atoms with van der Waals surface area (Å²) in [6.45, 7) is 5.80. The monoisotopic (exact) mass is 361 g/mol. The second kappa shape index (κ2) is 6.65. The molecule has 3 aromatic rings. The third-order valence-electron chi connectivity index (χ3n) is 5.15. The van der Waals surface area contributed by atoms with Crippen LogP contribution < -0.4 is 10.9 Å². The van der Waals surface area contributed by atoms with Crippen molar-refractivity contribution in [1.29, 1.82) is 0 Å². The van der Waals surface area contributed by atoms with Crippen molar-refractivity contribution in [3.8, 4) is 11.3 Å². The van der Waals surface area contributed by atoms with Gasteiger partial charge in [-0.3, -0.25) is 9.59 Å². The fourth-order valence-electron chi connectivity index (χ4n) is 3.32. The van der Waals surface area contributed by atoms with Crippen molar-refractivity contribution in [1.82, 2.24) is 15.1 Å². The maximum Gasteiger partial charge on any atom is 0.275 e. The molecule has 27 heavy (non-hydrogen) atoms. The summed E-state index contributed by atoms with van der Waals surface area (Å²) in [6, 6.07) is 13.2. The van der Waals surface area contributed by atoms with Gasteiger partial charge in [0, 0.05) is 17.0 Å². The third-order valence-corrected chi connectivity index (χ3v) is 5.15. The first-order valence-electron chi connectivity index (χ1n) is 9.35. The van der Waals surface area contributed by atoms with Crippen LogP contribution in [0.3, 0.4) is 0 Å². The second-order valence-electron chi connectivity index (χ2n) is 7.42. The molecule has 0 bridgehead atoms. The molecule has 0 aliphatic heterocycles. The summed E-state index contributed by atoms with van der Waals surface area (Å²) in [4.78, 5) is 25.6. The maximum absolute atomic E-state index is 13.0. The molecule has 1 aliphatic rings. The lowest BCUT2D eigenvalue weighted by molar-refractivity contribution is -0.124. The number of aromatic nitrogens is 2. The molecule has 5 nitrogen and oxygen atoms in total. The van der Waals surface area contributed by atoms with Crippen molar-refractivity contribution in [2.45, 2.75) is 45.7 Å². The lowest BCUT2D eigenvalue weighted by atomic mass is 9.99. The number of carbonyl (C=O) groups is 1. The van der Waals surface area contributed by atoms with E-state index in [1.54, 1.807) is 13.0 Å². The Hall–Kier alpha value is -2.95. The lowest BCUT2D eigenvalue weighted by Gasteiger charge is -2.17. The van der Waals surface area contributed by atoms with Gasteiger partial charge in [-0.15, -0.1) is 0 Å². The molecule has 1 atom stereocenters. The minimum atomic E-state index is -0.661. The molecule has 1 saturated carbocycles. The van der Waals surface area contributed by atoms with Crippen molar-refractivity contribution in [3.63, 3.8) is 0 Å². The first kappa shape index (κ1) is 17.5. The van der Waals surface area contributed by atoms with Crippen LogP contribution in [0.25, 0.3) is 22.0 Å². The third kappa shape index (κ3) is 3.25. The first-order chi connectivity index (χ1) is 13.0. The van der Waals surface area contributed by atoms with Crippen LogP contribution in [0.5, 0.6) is 0 Å². The predicted octanol–water partition coefficient (Wildman–Crippen LogP) is 3.52. The van der Waals surface area contributed by atoms with E-state index in [1.165, 1.54) is 4.68 Å². The Balaban J connectivity index is 1.93. The van der Waals surface area contributed by atoms with Crippen LogP contribution in [-0.2, 0) is 4.79 Å². The Morgan fingerprint density at radius 2 is 1.85 bits per heavy atom. The van der Waals surface area contributed by atoms with Crippen LogP contribution in [-0.4, -0.2) is 21.7 Å². The molecular formula is C22H23N3O2. The van der Waals surface area contributed by atoms with Gasteiger partial charge in [0.25, 0.3) is 5.56 Å². The van der Waals surface area contributed by atoms with Gasteiger partial charge >= 0.3 is 0 Å².